The average molecular weight is 266 g/mol. The van der Waals surface area contributed by atoms with Gasteiger partial charge in [-0.2, -0.15) is 0 Å². The SMILES string of the molecule is CCc1cnc(CNCc2ccc(C(=O)O)s2)o1. The third kappa shape index (κ3) is 3.18. The van der Waals surface area contributed by atoms with Crippen LogP contribution in [-0.2, 0) is 19.5 Å². The molecule has 0 aliphatic rings. The third-order valence-electron chi connectivity index (χ3n) is 2.40. The molecule has 2 aromatic heterocycles. The van der Waals surface area contributed by atoms with E-state index in [0.717, 1.165) is 17.1 Å². The van der Waals surface area contributed by atoms with E-state index < -0.39 is 5.97 Å². The molecule has 18 heavy (non-hydrogen) atoms. The first-order valence-corrected chi connectivity index (χ1v) is 6.47. The summed E-state index contributed by atoms with van der Waals surface area (Å²) in [6, 6.07) is 3.43. The number of hydrogen-bond donors (Lipinski definition) is 2. The van der Waals surface area contributed by atoms with Crippen LogP contribution in [-0.4, -0.2) is 16.1 Å². The monoisotopic (exact) mass is 266 g/mol. The Kier molecular flexibility index (Phi) is 4.11. The molecule has 0 radical (unpaired) electrons. The molecule has 0 atom stereocenters. The summed E-state index contributed by atoms with van der Waals surface area (Å²) in [6.45, 7) is 3.17. The predicted molar refractivity (Wildman–Crippen MR) is 67.7 cm³/mol. The Hall–Kier alpha value is -1.66. The summed E-state index contributed by atoms with van der Waals surface area (Å²) in [7, 11) is 0. The van der Waals surface area contributed by atoms with Crippen molar-refractivity contribution < 1.29 is 14.3 Å². The highest BCUT2D eigenvalue weighted by molar-refractivity contribution is 7.13. The lowest BCUT2D eigenvalue weighted by atomic mass is 10.4. The number of aryl methyl sites for hydroxylation is 1. The van der Waals surface area contributed by atoms with Crippen molar-refractivity contribution >= 4 is 17.3 Å². The number of oxazole rings is 1. The number of nitrogens with zero attached hydrogens (tertiary/aromatic N) is 1. The van der Waals surface area contributed by atoms with Crippen molar-refractivity contribution in [2.24, 2.45) is 0 Å². The largest absolute Gasteiger partial charge is 0.477 e. The number of carbonyl (C=O) groups is 1. The van der Waals surface area contributed by atoms with Gasteiger partial charge in [-0.15, -0.1) is 11.3 Å². The molecule has 0 fully saturated rings. The molecule has 6 heteroatoms. The minimum absolute atomic E-state index is 0.358. The second kappa shape index (κ2) is 5.79. The van der Waals surface area contributed by atoms with Crippen LogP contribution in [0.3, 0.4) is 0 Å². The molecule has 0 spiro atoms. The molecule has 5 nitrogen and oxygen atoms in total. The molecule has 2 heterocycles. The summed E-state index contributed by atoms with van der Waals surface area (Å²) in [4.78, 5) is 16.2. The maximum Gasteiger partial charge on any atom is 0.345 e. The van der Waals surface area contributed by atoms with Gasteiger partial charge in [0, 0.05) is 17.8 Å². The van der Waals surface area contributed by atoms with Crippen molar-refractivity contribution in [3.63, 3.8) is 0 Å². The number of aromatic nitrogens is 1. The molecule has 0 unspecified atom stereocenters. The summed E-state index contributed by atoms with van der Waals surface area (Å²) in [5.74, 6) is 0.643. The van der Waals surface area contributed by atoms with Gasteiger partial charge in [0.1, 0.15) is 10.6 Å². The van der Waals surface area contributed by atoms with Gasteiger partial charge < -0.3 is 14.8 Å². The zero-order valence-corrected chi connectivity index (χ0v) is 10.8. The van der Waals surface area contributed by atoms with Crippen LogP contribution in [0, 0.1) is 0 Å². The van der Waals surface area contributed by atoms with Crippen LogP contribution in [0.2, 0.25) is 0 Å². The van der Waals surface area contributed by atoms with Gasteiger partial charge in [0.15, 0.2) is 0 Å². The average Bonchev–Trinajstić information content (AvgIpc) is 2.97. The molecule has 0 aliphatic heterocycles. The lowest BCUT2D eigenvalue weighted by molar-refractivity contribution is 0.0702. The number of aromatic carboxylic acids is 1. The molecule has 2 N–H and O–H groups in total. The molecular weight excluding hydrogens is 252 g/mol. The van der Waals surface area contributed by atoms with Crippen LogP contribution in [0.15, 0.2) is 22.7 Å². The van der Waals surface area contributed by atoms with E-state index in [1.54, 1.807) is 12.3 Å². The standard InChI is InChI=1S/C12H14N2O3S/c1-2-8-5-14-11(17-8)7-13-6-9-3-4-10(18-9)12(15)16/h3-5,13H,2,6-7H2,1H3,(H,15,16). The summed E-state index contributed by atoms with van der Waals surface area (Å²) in [5, 5.41) is 12.0. The van der Waals surface area contributed by atoms with Crippen molar-refractivity contribution in [3.05, 3.63) is 39.7 Å². The Labute approximate surface area is 108 Å². The molecule has 0 amide bonds. The Morgan fingerprint density at radius 2 is 2.33 bits per heavy atom. The van der Waals surface area contributed by atoms with Gasteiger partial charge in [-0.05, 0) is 12.1 Å². The van der Waals surface area contributed by atoms with E-state index >= 15 is 0 Å². The second-order valence-electron chi connectivity index (χ2n) is 3.75. The first kappa shape index (κ1) is 12.8. The Morgan fingerprint density at radius 1 is 1.50 bits per heavy atom. The number of carboxylic acid groups (broad SMARTS) is 1. The maximum atomic E-state index is 10.7. The molecule has 96 valence electrons. The van der Waals surface area contributed by atoms with Gasteiger partial charge in [-0.3, -0.25) is 0 Å². The van der Waals surface area contributed by atoms with E-state index in [2.05, 4.69) is 10.3 Å². The summed E-state index contributed by atoms with van der Waals surface area (Å²) < 4.78 is 5.45. The molecule has 0 saturated heterocycles. The van der Waals surface area contributed by atoms with Gasteiger partial charge >= 0.3 is 5.97 Å². The van der Waals surface area contributed by atoms with Crippen LogP contribution in [0.5, 0.6) is 0 Å². The fraction of sp³-hybridized carbons (Fsp3) is 0.333. The van der Waals surface area contributed by atoms with E-state index in [0.29, 0.717) is 23.9 Å². The molecule has 0 aliphatic carbocycles. The number of carboxylic acids is 1. The predicted octanol–water partition coefficient (Wildman–Crippen LogP) is 2.29. The zero-order valence-electron chi connectivity index (χ0n) is 9.97. The van der Waals surface area contributed by atoms with Crippen LogP contribution < -0.4 is 5.32 Å². The minimum Gasteiger partial charge on any atom is -0.477 e. The van der Waals surface area contributed by atoms with Crippen LogP contribution in [0.4, 0.5) is 0 Å². The van der Waals surface area contributed by atoms with Gasteiger partial charge in [0.2, 0.25) is 5.89 Å². The lowest BCUT2D eigenvalue weighted by Crippen LogP contribution is -2.11. The first-order chi connectivity index (χ1) is 8.69. The fourth-order valence-corrected chi connectivity index (χ4v) is 2.29. The van der Waals surface area contributed by atoms with E-state index in [1.807, 2.05) is 13.0 Å². The molecular formula is C12H14N2O3S. The smallest absolute Gasteiger partial charge is 0.345 e. The van der Waals surface area contributed by atoms with E-state index in [9.17, 15) is 4.79 Å². The lowest BCUT2D eigenvalue weighted by Gasteiger charge is -1.98. The Bertz CT molecular complexity index is 533. The minimum atomic E-state index is -0.883. The van der Waals surface area contributed by atoms with E-state index in [-0.39, 0.29) is 0 Å². The van der Waals surface area contributed by atoms with Crippen molar-refractivity contribution in [2.45, 2.75) is 26.4 Å². The number of rotatable bonds is 6. The highest BCUT2D eigenvalue weighted by Crippen LogP contribution is 2.16. The van der Waals surface area contributed by atoms with Crippen molar-refractivity contribution in [2.75, 3.05) is 0 Å². The summed E-state index contributed by atoms with van der Waals surface area (Å²) in [6.07, 6.45) is 2.56. The van der Waals surface area contributed by atoms with Gasteiger partial charge in [0.05, 0.1) is 12.7 Å². The van der Waals surface area contributed by atoms with E-state index in [4.69, 9.17) is 9.52 Å². The highest BCUT2D eigenvalue weighted by Gasteiger charge is 2.07. The van der Waals surface area contributed by atoms with Gasteiger partial charge in [-0.1, -0.05) is 6.92 Å². The third-order valence-corrected chi connectivity index (χ3v) is 3.47. The quantitative estimate of drug-likeness (QED) is 0.839. The number of thiophene rings is 1. The summed E-state index contributed by atoms with van der Waals surface area (Å²) >= 11 is 1.27. The van der Waals surface area contributed by atoms with Crippen molar-refractivity contribution in [3.8, 4) is 0 Å². The molecule has 0 aromatic carbocycles. The number of nitrogens with one attached hydrogen (secondary N) is 1. The van der Waals surface area contributed by atoms with Gasteiger partial charge in [-0.25, -0.2) is 9.78 Å². The van der Waals surface area contributed by atoms with Crippen LogP contribution in [0.25, 0.3) is 0 Å². The molecule has 0 bridgehead atoms. The van der Waals surface area contributed by atoms with Crippen LogP contribution in [0.1, 0.15) is 33.1 Å². The second-order valence-corrected chi connectivity index (χ2v) is 4.92. The first-order valence-electron chi connectivity index (χ1n) is 5.65. The van der Waals surface area contributed by atoms with Crippen LogP contribution >= 0.6 is 11.3 Å². The normalized spacial score (nSPS) is 10.7. The van der Waals surface area contributed by atoms with Crippen molar-refractivity contribution in [1.82, 2.24) is 10.3 Å². The van der Waals surface area contributed by atoms with Crippen molar-refractivity contribution in [1.29, 1.82) is 0 Å². The number of hydrogen-bond acceptors (Lipinski definition) is 5. The molecule has 2 aromatic rings. The maximum absolute atomic E-state index is 10.7. The molecule has 0 saturated carbocycles. The highest BCUT2D eigenvalue weighted by atomic mass is 32.1. The Morgan fingerprint density at radius 3 is 2.94 bits per heavy atom. The van der Waals surface area contributed by atoms with Gasteiger partial charge in [0.25, 0.3) is 0 Å². The molecule has 2 rings (SSSR count). The summed E-state index contributed by atoms with van der Waals surface area (Å²) in [5.41, 5.74) is 0. The van der Waals surface area contributed by atoms with E-state index in [1.165, 1.54) is 11.3 Å². The fourth-order valence-electron chi connectivity index (χ4n) is 1.47. The topological polar surface area (TPSA) is 75.4 Å². The zero-order chi connectivity index (χ0) is 13.0. The Balaban J connectivity index is 1.82.